The van der Waals surface area contributed by atoms with Crippen LogP contribution in [0.15, 0.2) is 60.7 Å². The van der Waals surface area contributed by atoms with Gasteiger partial charge in [0.15, 0.2) is 11.6 Å². The summed E-state index contributed by atoms with van der Waals surface area (Å²) in [4.78, 5) is 24.1. The summed E-state index contributed by atoms with van der Waals surface area (Å²) in [5.74, 6) is -0.217. The zero-order valence-electron chi connectivity index (χ0n) is 17.6. The van der Waals surface area contributed by atoms with E-state index in [-0.39, 0.29) is 11.6 Å². The van der Waals surface area contributed by atoms with Gasteiger partial charge in [-0.2, -0.15) is 0 Å². The minimum Gasteiger partial charge on any atom is -0.382 e. The molecule has 4 nitrogen and oxygen atoms in total. The van der Waals surface area contributed by atoms with Crippen LogP contribution in [0.5, 0.6) is 0 Å². The number of aliphatic hydroxyl groups is 2. The Balaban J connectivity index is 0.000000171. The number of carbonyl (C=O) groups excluding carboxylic acids is 2. The summed E-state index contributed by atoms with van der Waals surface area (Å²) < 4.78 is 0. The van der Waals surface area contributed by atoms with Gasteiger partial charge in [-0.25, -0.2) is 0 Å². The fourth-order valence-electron chi connectivity index (χ4n) is 4.44. The highest BCUT2D eigenvalue weighted by Crippen LogP contribution is 2.32. The molecule has 2 fully saturated rings. The Morgan fingerprint density at radius 3 is 1.13 bits per heavy atom. The molecule has 2 aliphatic rings. The molecule has 0 heterocycles. The van der Waals surface area contributed by atoms with Crippen LogP contribution in [0.1, 0.15) is 84.9 Å². The summed E-state index contributed by atoms with van der Waals surface area (Å²) in [6.45, 7) is 0. The number of Topliss-reactive ketones (excluding diaryl/α,β-unsaturated/α-hetero) is 2. The van der Waals surface area contributed by atoms with Gasteiger partial charge in [-0.1, -0.05) is 99.2 Å². The third kappa shape index (κ3) is 5.44. The van der Waals surface area contributed by atoms with E-state index in [0.717, 1.165) is 38.5 Å². The summed E-state index contributed by atoms with van der Waals surface area (Å²) >= 11 is 0. The first-order chi connectivity index (χ1) is 14.4. The van der Waals surface area contributed by atoms with Crippen molar-refractivity contribution in [2.24, 2.45) is 0 Å². The molecule has 0 radical (unpaired) electrons. The predicted octanol–water partition coefficient (Wildman–Crippen LogP) is 5.13. The molecule has 30 heavy (non-hydrogen) atoms. The number of rotatable bonds is 4. The molecule has 2 N–H and O–H groups in total. The van der Waals surface area contributed by atoms with Gasteiger partial charge in [0.05, 0.1) is 0 Å². The van der Waals surface area contributed by atoms with Crippen LogP contribution in [0.3, 0.4) is 0 Å². The van der Waals surface area contributed by atoms with Crippen molar-refractivity contribution in [1.29, 1.82) is 0 Å². The molecule has 2 aromatic carbocycles. The fourth-order valence-corrected chi connectivity index (χ4v) is 4.44. The van der Waals surface area contributed by atoms with Gasteiger partial charge in [0, 0.05) is 11.1 Å². The van der Waals surface area contributed by atoms with Crippen molar-refractivity contribution in [3.8, 4) is 0 Å². The zero-order valence-corrected chi connectivity index (χ0v) is 17.6. The van der Waals surface area contributed by atoms with Crippen molar-refractivity contribution < 1.29 is 19.8 Å². The topological polar surface area (TPSA) is 74.6 Å². The largest absolute Gasteiger partial charge is 0.382 e. The molecule has 0 bridgehead atoms. The minimum atomic E-state index is -1.10. The highest BCUT2D eigenvalue weighted by Gasteiger charge is 2.38. The molecule has 2 aliphatic carbocycles. The van der Waals surface area contributed by atoms with E-state index in [0.29, 0.717) is 36.8 Å². The van der Waals surface area contributed by atoms with E-state index in [1.807, 2.05) is 36.4 Å². The van der Waals surface area contributed by atoms with E-state index in [1.54, 1.807) is 24.3 Å². The molecule has 160 valence electrons. The molecule has 4 rings (SSSR count). The molecule has 0 aromatic heterocycles. The number of benzene rings is 2. The summed E-state index contributed by atoms with van der Waals surface area (Å²) in [5, 5.41) is 20.5. The average Bonchev–Trinajstić information content (AvgIpc) is 2.80. The van der Waals surface area contributed by atoms with Crippen molar-refractivity contribution in [2.45, 2.75) is 75.4 Å². The number of hydrogen-bond donors (Lipinski definition) is 2. The molecule has 0 aliphatic heterocycles. The van der Waals surface area contributed by atoms with E-state index >= 15 is 0 Å². The first kappa shape index (κ1) is 22.4. The molecule has 2 aromatic rings. The lowest BCUT2D eigenvalue weighted by Gasteiger charge is -2.30. The van der Waals surface area contributed by atoms with Crippen molar-refractivity contribution in [1.82, 2.24) is 0 Å². The Labute approximate surface area is 179 Å². The van der Waals surface area contributed by atoms with Gasteiger partial charge in [0.25, 0.3) is 0 Å². The van der Waals surface area contributed by atoms with Gasteiger partial charge >= 0.3 is 0 Å². The average molecular weight is 409 g/mol. The monoisotopic (exact) mass is 408 g/mol. The third-order valence-corrected chi connectivity index (χ3v) is 6.28. The molecule has 4 heteroatoms. The highest BCUT2D eigenvalue weighted by molar-refractivity contribution is 6.02. The van der Waals surface area contributed by atoms with E-state index in [4.69, 9.17) is 0 Å². The quantitative estimate of drug-likeness (QED) is 0.688. The molecule has 0 unspecified atom stereocenters. The van der Waals surface area contributed by atoms with Crippen LogP contribution >= 0.6 is 0 Å². The summed E-state index contributed by atoms with van der Waals surface area (Å²) in [7, 11) is 0. The van der Waals surface area contributed by atoms with Gasteiger partial charge in [0.1, 0.15) is 11.2 Å². The predicted molar refractivity (Wildman–Crippen MR) is 118 cm³/mol. The van der Waals surface area contributed by atoms with Gasteiger partial charge in [0.2, 0.25) is 0 Å². The van der Waals surface area contributed by atoms with Crippen molar-refractivity contribution in [3.05, 3.63) is 71.8 Å². The number of hydrogen-bond acceptors (Lipinski definition) is 4. The van der Waals surface area contributed by atoms with E-state index in [2.05, 4.69) is 0 Å². The van der Waals surface area contributed by atoms with Crippen LogP contribution in [0.4, 0.5) is 0 Å². The van der Waals surface area contributed by atoms with Gasteiger partial charge in [-0.15, -0.1) is 0 Å². The lowest BCUT2D eigenvalue weighted by Crippen LogP contribution is -2.40. The maximum absolute atomic E-state index is 12.1. The molecule has 0 amide bonds. The van der Waals surface area contributed by atoms with Crippen molar-refractivity contribution in [3.63, 3.8) is 0 Å². The lowest BCUT2D eigenvalue weighted by molar-refractivity contribution is 0.0116. The van der Waals surface area contributed by atoms with E-state index in [1.165, 1.54) is 0 Å². The summed E-state index contributed by atoms with van der Waals surface area (Å²) in [6.07, 6.45) is 8.52. The molecule has 0 saturated heterocycles. The lowest BCUT2D eigenvalue weighted by atomic mass is 9.79. The first-order valence-corrected chi connectivity index (χ1v) is 11.1. The number of carbonyl (C=O) groups is 2. The second-order valence-electron chi connectivity index (χ2n) is 8.57. The van der Waals surface area contributed by atoms with E-state index in [9.17, 15) is 19.8 Å². The molecule has 2 saturated carbocycles. The highest BCUT2D eigenvalue weighted by atomic mass is 16.3. The van der Waals surface area contributed by atoms with Crippen LogP contribution in [-0.2, 0) is 0 Å². The molecule has 0 atom stereocenters. The van der Waals surface area contributed by atoms with Gasteiger partial charge in [-0.3, -0.25) is 9.59 Å². The fraction of sp³-hybridized carbons (Fsp3) is 0.462. The maximum Gasteiger partial charge on any atom is 0.194 e. The second kappa shape index (κ2) is 10.1. The van der Waals surface area contributed by atoms with Crippen LogP contribution in [0.25, 0.3) is 0 Å². The standard InChI is InChI=1S/2C13H16O2/c2*14-12(11-7-3-1-4-8-11)13(15)9-5-2-6-10-13/h2*1,3-4,7-8,15H,2,5-6,9-10H2. The Kier molecular flexibility index (Phi) is 7.57. The van der Waals surface area contributed by atoms with Crippen molar-refractivity contribution >= 4 is 11.6 Å². The van der Waals surface area contributed by atoms with E-state index < -0.39 is 11.2 Å². The molecular formula is C26H32O4. The van der Waals surface area contributed by atoms with Gasteiger partial charge < -0.3 is 10.2 Å². The minimum absolute atomic E-state index is 0.109. The maximum atomic E-state index is 12.1. The van der Waals surface area contributed by atoms with Gasteiger partial charge in [-0.05, 0) is 25.7 Å². The van der Waals surface area contributed by atoms with Crippen LogP contribution < -0.4 is 0 Å². The normalized spacial score (nSPS) is 19.8. The summed E-state index contributed by atoms with van der Waals surface area (Å²) in [6, 6.07) is 18.2. The van der Waals surface area contributed by atoms with Crippen LogP contribution in [0, 0.1) is 0 Å². The summed E-state index contributed by atoms with van der Waals surface area (Å²) in [5.41, 5.74) is -0.942. The number of ketones is 2. The Morgan fingerprint density at radius 2 is 0.833 bits per heavy atom. The zero-order chi connectivity index (χ0) is 21.5. The Bertz CT molecular complexity index is 745. The van der Waals surface area contributed by atoms with Crippen LogP contribution in [-0.4, -0.2) is 33.0 Å². The Hall–Kier alpha value is -2.30. The first-order valence-electron chi connectivity index (χ1n) is 11.1. The van der Waals surface area contributed by atoms with Crippen LogP contribution in [0.2, 0.25) is 0 Å². The second-order valence-corrected chi connectivity index (χ2v) is 8.57. The smallest absolute Gasteiger partial charge is 0.194 e. The van der Waals surface area contributed by atoms with Crippen molar-refractivity contribution in [2.75, 3.05) is 0 Å². The SMILES string of the molecule is O=C(c1ccccc1)C1(O)CCCCC1.O=C(c1ccccc1)C1(O)CCCCC1. The molecule has 0 spiro atoms. The third-order valence-electron chi connectivity index (χ3n) is 6.28. The Morgan fingerprint density at radius 1 is 0.533 bits per heavy atom. The molecular weight excluding hydrogens is 376 g/mol.